The van der Waals surface area contributed by atoms with Crippen LogP contribution in [0.5, 0.6) is 0 Å². The standard InChI is InChI=1S/C12H22N2O/c13-12-7-4-8-14(12)9-10-15-11-5-2-1-3-6-11/h11,13H,1-10H2. The molecule has 0 bridgehead atoms. The lowest BCUT2D eigenvalue weighted by atomic mass is 9.98. The second-order valence-corrected chi connectivity index (χ2v) is 4.67. The summed E-state index contributed by atoms with van der Waals surface area (Å²) in [5, 5.41) is 7.70. The third-order valence-corrected chi connectivity index (χ3v) is 3.49. The van der Waals surface area contributed by atoms with Crippen molar-refractivity contribution >= 4 is 5.84 Å². The van der Waals surface area contributed by atoms with Crippen molar-refractivity contribution in [2.75, 3.05) is 19.7 Å². The van der Waals surface area contributed by atoms with Crippen molar-refractivity contribution in [2.45, 2.75) is 51.0 Å². The molecule has 2 aliphatic rings. The van der Waals surface area contributed by atoms with Gasteiger partial charge >= 0.3 is 0 Å². The van der Waals surface area contributed by atoms with Crippen LogP contribution in [-0.4, -0.2) is 36.5 Å². The summed E-state index contributed by atoms with van der Waals surface area (Å²) in [5.41, 5.74) is 0. The Kier molecular flexibility index (Phi) is 4.01. The van der Waals surface area contributed by atoms with Gasteiger partial charge < -0.3 is 9.64 Å². The van der Waals surface area contributed by atoms with Gasteiger partial charge in [-0.3, -0.25) is 5.41 Å². The molecule has 0 spiro atoms. The quantitative estimate of drug-likeness (QED) is 0.773. The molecule has 1 aliphatic carbocycles. The van der Waals surface area contributed by atoms with Gasteiger partial charge in [-0.05, 0) is 19.3 Å². The third kappa shape index (κ3) is 3.20. The summed E-state index contributed by atoms with van der Waals surface area (Å²) in [6, 6.07) is 0. The first-order valence-electron chi connectivity index (χ1n) is 6.30. The molecular weight excluding hydrogens is 188 g/mol. The molecule has 1 saturated carbocycles. The summed E-state index contributed by atoms with van der Waals surface area (Å²) in [5.74, 6) is 0.808. The summed E-state index contributed by atoms with van der Waals surface area (Å²) < 4.78 is 5.85. The van der Waals surface area contributed by atoms with E-state index in [1.807, 2.05) is 0 Å². The van der Waals surface area contributed by atoms with Crippen LogP contribution in [0.2, 0.25) is 0 Å². The smallest absolute Gasteiger partial charge is 0.0959 e. The van der Waals surface area contributed by atoms with E-state index in [-0.39, 0.29) is 0 Å². The van der Waals surface area contributed by atoms with Gasteiger partial charge in [-0.2, -0.15) is 0 Å². The average molecular weight is 210 g/mol. The molecule has 0 amide bonds. The van der Waals surface area contributed by atoms with Gasteiger partial charge in [0.25, 0.3) is 0 Å². The fourth-order valence-electron chi connectivity index (χ4n) is 2.54. The second-order valence-electron chi connectivity index (χ2n) is 4.67. The number of hydrogen-bond acceptors (Lipinski definition) is 2. The molecule has 1 N–H and O–H groups in total. The van der Waals surface area contributed by atoms with Gasteiger partial charge in [0.2, 0.25) is 0 Å². The Hall–Kier alpha value is -0.570. The summed E-state index contributed by atoms with van der Waals surface area (Å²) in [6.45, 7) is 2.80. The summed E-state index contributed by atoms with van der Waals surface area (Å²) in [6.07, 6.45) is 9.18. The minimum Gasteiger partial charge on any atom is -0.376 e. The molecule has 1 heterocycles. The molecule has 0 unspecified atom stereocenters. The molecule has 3 nitrogen and oxygen atoms in total. The maximum Gasteiger partial charge on any atom is 0.0959 e. The first-order valence-corrected chi connectivity index (χ1v) is 6.30. The molecular formula is C12H22N2O. The van der Waals surface area contributed by atoms with Crippen LogP contribution in [0.4, 0.5) is 0 Å². The van der Waals surface area contributed by atoms with Crippen LogP contribution in [0, 0.1) is 5.41 Å². The lowest BCUT2D eigenvalue weighted by molar-refractivity contribution is 0.0235. The van der Waals surface area contributed by atoms with E-state index in [1.54, 1.807) is 0 Å². The van der Waals surface area contributed by atoms with Crippen LogP contribution in [0.25, 0.3) is 0 Å². The largest absolute Gasteiger partial charge is 0.376 e. The lowest BCUT2D eigenvalue weighted by Gasteiger charge is -2.24. The zero-order valence-corrected chi connectivity index (χ0v) is 9.50. The molecule has 86 valence electrons. The zero-order valence-electron chi connectivity index (χ0n) is 9.50. The van der Waals surface area contributed by atoms with Crippen LogP contribution in [0.1, 0.15) is 44.9 Å². The highest BCUT2D eigenvalue weighted by Crippen LogP contribution is 2.20. The molecule has 0 atom stereocenters. The van der Waals surface area contributed by atoms with Crippen molar-refractivity contribution in [3.63, 3.8) is 0 Å². The molecule has 0 aromatic heterocycles. The number of nitrogens with zero attached hydrogens (tertiary/aromatic N) is 1. The van der Waals surface area contributed by atoms with E-state index in [1.165, 1.54) is 32.1 Å². The van der Waals surface area contributed by atoms with Gasteiger partial charge in [-0.25, -0.2) is 0 Å². The van der Waals surface area contributed by atoms with Gasteiger partial charge in [0.05, 0.1) is 18.5 Å². The molecule has 1 saturated heterocycles. The van der Waals surface area contributed by atoms with Gasteiger partial charge in [-0.15, -0.1) is 0 Å². The van der Waals surface area contributed by atoms with Gasteiger partial charge in [0.15, 0.2) is 0 Å². The Labute approximate surface area is 92.3 Å². The SMILES string of the molecule is N=C1CCCN1CCOC1CCCCC1. The van der Waals surface area contributed by atoms with Crippen molar-refractivity contribution in [2.24, 2.45) is 0 Å². The predicted molar refractivity (Wildman–Crippen MR) is 61.4 cm³/mol. The Morgan fingerprint density at radius 3 is 2.67 bits per heavy atom. The monoisotopic (exact) mass is 210 g/mol. The van der Waals surface area contributed by atoms with Crippen LogP contribution in [0.15, 0.2) is 0 Å². The Morgan fingerprint density at radius 2 is 2.00 bits per heavy atom. The van der Waals surface area contributed by atoms with Crippen LogP contribution >= 0.6 is 0 Å². The van der Waals surface area contributed by atoms with Crippen LogP contribution in [0.3, 0.4) is 0 Å². The number of amidine groups is 1. The van der Waals surface area contributed by atoms with Gasteiger partial charge in [-0.1, -0.05) is 19.3 Å². The summed E-state index contributed by atoms with van der Waals surface area (Å²) >= 11 is 0. The molecule has 1 aliphatic heterocycles. The minimum atomic E-state index is 0.510. The number of nitrogens with one attached hydrogen (secondary N) is 1. The second kappa shape index (κ2) is 5.50. The van der Waals surface area contributed by atoms with Crippen LogP contribution in [-0.2, 0) is 4.74 Å². The van der Waals surface area contributed by atoms with Gasteiger partial charge in [0, 0.05) is 19.5 Å². The van der Waals surface area contributed by atoms with E-state index in [0.29, 0.717) is 6.10 Å². The van der Waals surface area contributed by atoms with E-state index in [2.05, 4.69) is 4.90 Å². The predicted octanol–water partition coefficient (Wildman–Crippen LogP) is 2.41. The lowest BCUT2D eigenvalue weighted by Crippen LogP contribution is -2.30. The topological polar surface area (TPSA) is 36.3 Å². The van der Waals surface area contributed by atoms with Crippen molar-refractivity contribution < 1.29 is 4.74 Å². The Balaban J connectivity index is 1.59. The number of likely N-dealkylation sites (tertiary alicyclic amines) is 1. The average Bonchev–Trinajstić information content (AvgIpc) is 2.66. The maximum absolute atomic E-state index is 7.70. The molecule has 15 heavy (non-hydrogen) atoms. The number of rotatable bonds is 4. The first-order chi connectivity index (χ1) is 7.36. The van der Waals surface area contributed by atoms with Crippen molar-refractivity contribution in [3.05, 3.63) is 0 Å². The number of ether oxygens (including phenoxy) is 1. The highest BCUT2D eigenvalue weighted by atomic mass is 16.5. The van der Waals surface area contributed by atoms with Crippen molar-refractivity contribution in [1.29, 1.82) is 5.41 Å². The minimum absolute atomic E-state index is 0.510. The highest BCUT2D eigenvalue weighted by molar-refractivity contribution is 5.80. The van der Waals surface area contributed by atoms with Crippen LogP contribution < -0.4 is 0 Å². The van der Waals surface area contributed by atoms with Crippen molar-refractivity contribution in [3.8, 4) is 0 Å². The summed E-state index contributed by atoms with van der Waals surface area (Å²) in [7, 11) is 0. The molecule has 2 fully saturated rings. The fraction of sp³-hybridized carbons (Fsp3) is 0.917. The normalized spacial score (nSPS) is 23.7. The van der Waals surface area contributed by atoms with Gasteiger partial charge in [0.1, 0.15) is 0 Å². The van der Waals surface area contributed by atoms with E-state index in [0.717, 1.165) is 38.4 Å². The molecule has 2 rings (SSSR count). The zero-order chi connectivity index (χ0) is 10.5. The fourth-order valence-corrected chi connectivity index (χ4v) is 2.54. The Bertz CT molecular complexity index is 212. The molecule has 0 aromatic rings. The molecule has 0 aromatic carbocycles. The highest BCUT2D eigenvalue weighted by Gasteiger charge is 2.17. The van der Waals surface area contributed by atoms with E-state index >= 15 is 0 Å². The Morgan fingerprint density at radius 1 is 1.20 bits per heavy atom. The third-order valence-electron chi connectivity index (χ3n) is 3.49. The summed E-state index contributed by atoms with van der Waals surface area (Å²) in [4.78, 5) is 2.16. The molecule has 3 heteroatoms. The molecule has 0 radical (unpaired) electrons. The van der Waals surface area contributed by atoms with E-state index < -0.39 is 0 Å². The first kappa shape index (κ1) is 10.9. The van der Waals surface area contributed by atoms with E-state index in [9.17, 15) is 0 Å². The number of hydrogen-bond donors (Lipinski definition) is 1. The maximum atomic E-state index is 7.70. The van der Waals surface area contributed by atoms with Crippen molar-refractivity contribution in [1.82, 2.24) is 4.90 Å². The van der Waals surface area contributed by atoms with E-state index in [4.69, 9.17) is 10.1 Å².